The van der Waals surface area contributed by atoms with E-state index in [1.54, 1.807) is 0 Å². The fourth-order valence-corrected chi connectivity index (χ4v) is 1.21. The molecule has 0 fully saturated rings. The Morgan fingerprint density at radius 1 is 1.28 bits per heavy atom. The van der Waals surface area contributed by atoms with Crippen molar-refractivity contribution in [3.63, 3.8) is 0 Å². The second-order valence-corrected chi connectivity index (χ2v) is 3.43. The molecule has 0 aliphatic heterocycles. The first-order valence-corrected chi connectivity index (χ1v) is 5.56. The van der Waals surface area contributed by atoms with Gasteiger partial charge in [-0.25, -0.2) is 4.39 Å². The lowest BCUT2D eigenvalue weighted by molar-refractivity contribution is -0.122. The van der Waals surface area contributed by atoms with Crippen molar-refractivity contribution in [1.82, 2.24) is 10.9 Å². The van der Waals surface area contributed by atoms with E-state index in [4.69, 9.17) is 4.74 Å². The van der Waals surface area contributed by atoms with E-state index in [9.17, 15) is 14.0 Å². The lowest BCUT2D eigenvalue weighted by Gasteiger charge is -2.07. The number of hydrogen-bond acceptors (Lipinski definition) is 3. The van der Waals surface area contributed by atoms with Crippen LogP contribution in [0.4, 0.5) is 4.39 Å². The second kappa shape index (κ2) is 7.39. The molecule has 0 unspecified atom stereocenters. The van der Waals surface area contributed by atoms with Gasteiger partial charge in [0.05, 0.1) is 18.6 Å². The van der Waals surface area contributed by atoms with E-state index in [2.05, 4.69) is 10.9 Å². The van der Waals surface area contributed by atoms with E-state index in [-0.39, 0.29) is 18.6 Å². The van der Waals surface area contributed by atoms with Crippen molar-refractivity contribution in [2.24, 2.45) is 0 Å². The highest BCUT2D eigenvalue weighted by Crippen LogP contribution is 2.05. The molecule has 1 aromatic carbocycles. The largest absolute Gasteiger partial charge is 0.381 e. The summed E-state index contributed by atoms with van der Waals surface area (Å²) >= 11 is 0. The quantitative estimate of drug-likeness (QED) is 0.609. The van der Waals surface area contributed by atoms with E-state index < -0.39 is 17.6 Å². The zero-order chi connectivity index (χ0) is 13.4. The molecule has 0 saturated carbocycles. The molecule has 2 N–H and O–H groups in total. The third-order valence-electron chi connectivity index (χ3n) is 2.11. The Bertz CT molecular complexity index is 424. The van der Waals surface area contributed by atoms with Crippen LogP contribution >= 0.6 is 0 Å². The maximum absolute atomic E-state index is 13.2. The minimum atomic E-state index is -0.696. The third kappa shape index (κ3) is 4.50. The monoisotopic (exact) mass is 254 g/mol. The van der Waals surface area contributed by atoms with E-state index in [0.29, 0.717) is 6.61 Å². The summed E-state index contributed by atoms with van der Waals surface area (Å²) in [4.78, 5) is 22.7. The zero-order valence-electron chi connectivity index (χ0n) is 10.0. The molecule has 1 rings (SSSR count). The van der Waals surface area contributed by atoms with Crippen LogP contribution in [-0.4, -0.2) is 25.0 Å². The van der Waals surface area contributed by atoms with Gasteiger partial charge in [0.25, 0.3) is 5.91 Å². The van der Waals surface area contributed by atoms with Gasteiger partial charge >= 0.3 is 0 Å². The zero-order valence-corrected chi connectivity index (χ0v) is 10.0. The van der Waals surface area contributed by atoms with Crippen molar-refractivity contribution in [2.75, 3.05) is 13.2 Å². The Morgan fingerprint density at radius 3 is 2.67 bits per heavy atom. The molecule has 98 valence electrons. The van der Waals surface area contributed by atoms with Gasteiger partial charge in [0, 0.05) is 6.61 Å². The smallest absolute Gasteiger partial charge is 0.272 e. The molecule has 0 aliphatic carbocycles. The highest BCUT2D eigenvalue weighted by molar-refractivity contribution is 5.95. The first-order valence-electron chi connectivity index (χ1n) is 5.56. The Balaban J connectivity index is 2.38. The topological polar surface area (TPSA) is 67.4 Å². The van der Waals surface area contributed by atoms with Crippen LogP contribution in [-0.2, 0) is 9.53 Å². The Labute approximate surface area is 104 Å². The number of halogens is 1. The average Bonchev–Trinajstić information content (AvgIpc) is 2.37. The van der Waals surface area contributed by atoms with Gasteiger partial charge in [0.1, 0.15) is 5.82 Å². The van der Waals surface area contributed by atoms with Gasteiger partial charge in [-0.2, -0.15) is 0 Å². The maximum atomic E-state index is 13.2. The summed E-state index contributed by atoms with van der Waals surface area (Å²) in [5.41, 5.74) is 4.19. The molecule has 6 heteroatoms. The highest BCUT2D eigenvalue weighted by atomic mass is 19.1. The Hall–Kier alpha value is -1.95. The predicted molar refractivity (Wildman–Crippen MR) is 63.1 cm³/mol. The van der Waals surface area contributed by atoms with Gasteiger partial charge in [-0.1, -0.05) is 12.1 Å². The molecular weight excluding hydrogens is 239 g/mol. The van der Waals surface area contributed by atoms with Crippen molar-refractivity contribution >= 4 is 11.8 Å². The lowest BCUT2D eigenvalue weighted by Crippen LogP contribution is -2.42. The van der Waals surface area contributed by atoms with Crippen LogP contribution in [0.2, 0.25) is 0 Å². The predicted octanol–water partition coefficient (Wildman–Crippen LogP) is 1.01. The average molecular weight is 254 g/mol. The number of carbonyl (C=O) groups is 2. The molecule has 0 aliphatic rings. The van der Waals surface area contributed by atoms with Gasteiger partial charge in [-0.15, -0.1) is 0 Å². The van der Waals surface area contributed by atoms with Crippen molar-refractivity contribution < 1.29 is 18.7 Å². The van der Waals surface area contributed by atoms with Crippen LogP contribution in [0.1, 0.15) is 23.7 Å². The van der Waals surface area contributed by atoms with Gasteiger partial charge in [0.2, 0.25) is 5.91 Å². The van der Waals surface area contributed by atoms with Crippen molar-refractivity contribution in [2.45, 2.75) is 13.3 Å². The number of nitrogens with one attached hydrogen (secondary N) is 2. The first kappa shape index (κ1) is 14.1. The summed E-state index contributed by atoms with van der Waals surface area (Å²) in [5.74, 6) is -1.73. The van der Waals surface area contributed by atoms with Gasteiger partial charge in [-0.3, -0.25) is 20.4 Å². The number of benzene rings is 1. The van der Waals surface area contributed by atoms with E-state index in [1.165, 1.54) is 24.3 Å². The number of amides is 2. The summed E-state index contributed by atoms with van der Waals surface area (Å²) in [6, 6.07) is 5.52. The molecule has 5 nitrogen and oxygen atoms in total. The summed E-state index contributed by atoms with van der Waals surface area (Å²) in [6.07, 6.45) is 0.130. The molecule has 0 aromatic heterocycles. The molecular formula is C12H15FN2O3. The molecule has 0 atom stereocenters. The lowest BCUT2D eigenvalue weighted by atomic mass is 10.2. The molecule has 0 radical (unpaired) electrons. The molecule has 0 heterocycles. The van der Waals surface area contributed by atoms with Crippen LogP contribution in [0, 0.1) is 5.82 Å². The minimum absolute atomic E-state index is 0.123. The van der Waals surface area contributed by atoms with Gasteiger partial charge in [0.15, 0.2) is 0 Å². The van der Waals surface area contributed by atoms with Crippen molar-refractivity contribution in [1.29, 1.82) is 0 Å². The van der Waals surface area contributed by atoms with Gasteiger partial charge in [-0.05, 0) is 19.1 Å². The van der Waals surface area contributed by atoms with E-state index in [0.717, 1.165) is 0 Å². The van der Waals surface area contributed by atoms with Crippen LogP contribution in [0.3, 0.4) is 0 Å². The fraction of sp³-hybridized carbons (Fsp3) is 0.333. The molecule has 0 bridgehead atoms. The number of hydrazine groups is 1. The highest BCUT2D eigenvalue weighted by Gasteiger charge is 2.11. The number of hydrogen-bond donors (Lipinski definition) is 2. The fourth-order valence-electron chi connectivity index (χ4n) is 1.21. The van der Waals surface area contributed by atoms with E-state index >= 15 is 0 Å². The number of ether oxygens (including phenoxy) is 1. The molecule has 2 amide bonds. The summed E-state index contributed by atoms with van der Waals surface area (Å²) in [5, 5.41) is 0. The maximum Gasteiger partial charge on any atom is 0.272 e. The minimum Gasteiger partial charge on any atom is -0.381 e. The summed E-state index contributed by atoms with van der Waals surface area (Å²) < 4.78 is 18.2. The first-order chi connectivity index (χ1) is 8.65. The van der Waals surface area contributed by atoms with Crippen LogP contribution in [0.25, 0.3) is 0 Å². The molecule has 1 aromatic rings. The van der Waals surface area contributed by atoms with Crippen LogP contribution in [0.15, 0.2) is 24.3 Å². The normalized spacial score (nSPS) is 9.89. The van der Waals surface area contributed by atoms with Crippen molar-refractivity contribution in [3.05, 3.63) is 35.6 Å². The van der Waals surface area contributed by atoms with Gasteiger partial charge < -0.3 is 4.74 Å². The molecule has 18 heavy (non-hydrogen) atoms. The number of carbonyl (C=O) groups excluding carboxylic acids is 2. The van der Waals surface area contributed by atoms with Crippen LogP contribution in [0.5, 0.6) is 0 Å². The van der Waals surface area contributed by atoms with Crippen LogP contribution < -0.4 is 10.9 Å². The third-order valence-corrected chi connectivity index (χ3v) is 2.11. The summed E-state index contributed by atoms with van der Waals surface area (Å²) in [7, 11) is 0. The second-order valence-electron chi connectivity index (χ2n) is 3.43. The SMILES string of the molecule is CCOCCC(=O)NNC(=O)c1ccccc1F. The summed E-state index contributed by atoms with van der Waals surface area (Å²) in [6.45, 7) is 2.62. The molecule has 0 spiro atoms. The standard InChI is InChI=1S/C12H15FN2O3/c1-2-18-8-7-11(16)14-15-12(17)9-5-3-4-6-10(9)13/h3-6H,2,7-8H2,1H3,(H,14,16)(H,15,17). The van der Waals surface area contributed by atoms with E-state index in [1.807, 2.05) is 6.92 Å². The Morgan fingerprint density at radius 2 is 2.00 bits per heavy atom. The molecule has 0 saturated heterocycles. The Kier molecular flexibility index (Phi) is 5.79. The number of rotatable bonds is 5. The van der Waals surface area contributed by atoms with Crippen molar-refractivity contribution in [3.8, 4) is 0 Å².